The summed E-state index contributed by atoms with van der Waals surface area (Å²) < 4.78 is 10.8. The summed E-state index contributed by atoms with van der Waals surface area (Å²) in [5, 5.41) is 18.8. The fourth-order valence-electron chi connectivity index (χ4n) is 2.08. The Bertz CT molecular complexity index is 546. The van der Waals surface area contributed by atoms with Gasteiger partial charge in [-0.3, -0.25) is 0 Å². The van der Waals surface area contributed by atoms with Gasteiger partial charge in [0.2, 0.25) is 0 Å². The minimum atomic E-state index is -0.880. The summed E-state index contributed by atoms with van der Waals surface area (Å²) in [5.41, 5.74) is 0.862. The van der Waals surface area contributed by atoms with Crippen molar-refractivity contribution in [3.8, 4) is 11.8 Å². The van der Waals surface area contributed by atoms with Gasteiger partial charge in [0.1, 0.15) is 12.2 Å². The molecule has 2 heterocycles. The Balaban J connectivity index is 1.72. The van der Waals surface area contributed by atoms with Crippen molar-refractivity contribution in [2.45, 2.75) is 24.5 Å². The number of aliphatic imine (C=N–C) groups is 1. The van der Waals surface area contributed by atoms with Crippen LogP contribution in [0.2, 0.25) is 0 Å². The summed E-state index contributed by atoms with van der Waals surface area (Å²) in [6.07, 6.45) is -2.67. The van der Waals surface area contributed by atoms with Crippen LogP contribution >= 0.6 is 0 Å². The van der Waals surface area contributed by atoms with E-state index in [1.807, 2.05) is 30.3 Å². The predicted octanol–water partition coefficient (Wildman–Crippen LogP) is -0.0865. The van der Waals surface area contributed by atoms with Crippen molar-refractivity contribution in [3.63, 3.8) is 0 Å². The first-order chi connectivity index (χ1) is 9.28. The van der Waals surface area contributed by atoms with E-state index >= 15 is 0 Å². The molecule has 2 N–H and O–H groups in total. The van der Waals surface area contributed by atoms with Gasteiger partial charge in [-0.1, -0.05) is 24.1 Å². The fraction of sp³-hybridized carbons (Fsp3) is 0.357. The first-order valence-corrected chi connectivity index (χ1v) is 6.04. The second-order valence-electron chi connectivity index (χ2n) is 4.37. The van der Waals surface area contributed by atoms with E-state index in [0.717, 1.165) is 5.56 Å². The highest BCUT2D eigenvalue weighted by molar-refractivity contribution is 5.95. The molecule has 1 aromatic carbocycles. The number of hydrogen-bond donors (Lipinski definition) is 2. The molecule has 4 atom stereocenters. The number of benzene rings is 1. The van der Waals surface area contributed by atoms with E-state index in [9.17, 15) is 5.11 Å². The molecule has 0 radical (unpaired) electrons. The zero-order valence-electron chi connectivity index (χ0n) is 10.1. The van der Waals surface area contributed by atoms with E-state index < -0.39 is 24.5 Å². The lowest BCUT2D eigenvalue weighted by atomic mass is 10.1. The van der Waals surface area contributed by atoms with Crippen LogP contribution in [0.4, 0.5) is 0 Å². The van der Waals surface area contributed by atoms with Crippen molar-refractivity contribution in [3.05, 3.63) is 35.9 Å². The van der Waals surface area contributed by atoms with Crippen LogP contribution in [0.1, 0.15) is 5.56 Å². The summed E-state index contributed by atoms with van der Waals surface area (Å²) >= 11 is 0. The van der Waals surface area contributed by atoms with Crippen LogP contribution in [0, 0.1) is 11.8 Å². The van der Waals surface area contributed by atoms with Crippen molar-refractivity contribution in [2.24, 2.45) is 4.99 Å². The van der Waals surface area contributed by atoms with Crippen LogP contribution < -0.4 is 0 Å². The highest BCUT2D eigenvalue weighted by Gasteiger charge is 2.48. The first kappa shape index (κ1) is 12.2. The molecule has 0 aromatic heterocycles. The monoisotopic (exact) mass is 259 g/mol. The van der Waals surface area contributed by atoms with E-state index in [1.165, 1.54) is 0 Å². The SMILES string of the molecule is OC[C@H]1O[C@@H]2N=C(C#Cc3ccccc3)O[C@@H]2[C@H]1O. The number of nitrogens with zero attached hydrogens (tertiary/aromatic N) is 1. The minimum absolute atomic E-state index is 0.252. The lowest BCUT2D eigenvalue weighted by Crippen LogP contribution is -2.34. The van der Waals surface area contributed by atoms with Gasteiger partial charge in [0.15, 0.2) is 12.3 Å². The van der Waals surface area contributed by atoms with Gasteiger partial charge in [0, 0.05) is 5.56 Å². The maximum Gasteiger partial charge on any atom is 0.266 e. The first-order valence-electron chi connectivity index (χ1n) is 6.04. The second kappa shape index (κ2) is 5.02. The van der Waals surface area contributed by atoms with E-state index in [0.29, 0.717) is 0 Å². The van der Waals surface area contributed by atoms with Crippen LogP contribution in [0.3, 0.4) is 0 Å². The molecule has 1 fully saturated rings. The molecule has 3 rings (SSSR count). The molecule has 0 saturated carbocycles. The molecule has 2 aliphatic heterocycles. The van der Waals surface area contributed by atoms with Gasteiger partial charge < -0.3 is 19.7 Å². The third kappa shape index (κ3) is 2.34. The third-order valence-electron chi connectivity index (χ3n) is 3.07. The van der Waals surface area contributed by atoms with E-state index in [4.69, 9.17) is 14.6 Å². The molecule has 0 bridgehead atoms. The maximum atomic E-state index is 9.83. The largest absolute Gasteiger partial charge is 0.460 e. The average molecular weight is 259 g/mol. The van der Waals surface area contributed by atoms with Crippen molar-refractivity contribution in [2.75, 3.05) is 6.61 Å². The summed E-state index contributed by atoms with van der Waals surface area (Å²) in [6, 6.07) is 9.48. The fourth-order valence-corrected chi connectivity index (χ4v) is 2.08. The van der Waals surface area contributed by atoms with Crippen molar-refractivity contribution >= 4 is 5.90 Å². The molecule has 1 saturated heterocycles. The van der Waals surface area contributed by atoms with Gasteiger partial charge in [-0.2, -0.15) is 0 Å². The van der Waals surface area contributed by atoms with Crippen LogP contribution in [-0.2, 0) is 9.47 Å². The molecule has 0 unspecified atom stereocenters. The Morgan fingerprint density at radius 2 is 2.00 bits per heavy atom. The van der Waals surface area contributed by atoms with Crippen LogP contribution in [0.15, 0.2) is 35.3 Å². The highest BCUT2D eigenvalue weighted by atomic mass is 16.6. The number of ether oxygens (including phenoxy) is 2. The Kier molecular flexibility index (Phi) is 3.22. The molecule has 5 heteroatoms. The summed E-state index contributed by atoms with van der Waals surface area (Å²) in [5.74, 6) is 5.99. The topological polar surface area (TPSA) is 71.3 Å². The van der Waals surface area contributed by atoms with E-state index in [1.54, 1.807) is 0 Å². The van der Waals surface area contributed by atoms with E-state index in [-0.39, 0.29) is 12.5 Å². The van der Waals surface area contributed by atoms with Gasteiger partial charge in [-0.25, -0.2) is 4.99 Å². The van der Waals surface area contributed by atoms with Gasteiger partial charge in [-0.15, -0.1) is 0 Å². The lowest BCUT2D eigenvalue weighted by molar-refractivity contribution is -0.0204. The number of aliphatic hydroxyl groups excluding tert-OH is 2. The molecule has 0 aliphatic carbocycles. The van der Waals surface area contributed by atoms with Crippen molar-refractivity contribution in [1.29, 1.82) is 0 Å². The molecule has 2 aliphatic rings. The zero-order chi connectivity index (χ0) is 13.2. The highest BCUT2D eigenvalue weighted by Crippen LogP contribution is 2.29. The quantitative estimate of drug-likeness (QED) is 0.692. The summed E-state index contributed by atoms with van der Waals surface area (Å²) in [7, 11) is 0. The minimum Gasteiger partial charge on any atom is -0.460 e. The Labute approximate surface area is 110 Å². The molecule has 19 heavy (non-hydrogen) atoms. The summed E-state index contributed by atoms with van der Waals surface area (Å²) in [4.78, 5) is 4.14. The average Bonchev–Trinajstić information content (AvgIpc) is 2.97. The van der Waals surface area contributed by atoms with E-state index in [2.05, 4.69) is 16.8 Å². The molecule has 98 valence electrons. The normalized spacial score (nSPS) is 32.0. The molecule has 5 nitrogen and oxygen atoms in total. The summed E-state index contributed by atoms with van der Waals surface area (Å²) in [6.45, 7) is -0.252. The Hall–Kier alpha value is -1.87. The molecule has 0 spiro atoms. The number of fused-ring (bicyclic) bond motifs is 1. The molecule has 1 aromatic rings. The van der Waals surface area contributed by atoms with Crippen molar-refractivity contribution < 1.29 is 19.7 Å². The Morgan fingerprint density at radius 3 is 2.68 bits per heavy atom. The molecular formula is C14H13NO4. The zero-order valence-corrected chi connectivity index (χ0v) is 10.1. The van der Waals surface area contributed by atoms with Gasteiger partial charge >= 0.3 is 0 Å². The Morgan fingerprint density at radius 1 is 1.21 bits per heavy atom. The van der Waals surface area contributed by atoms with Crippen LogP contribution in [-0.4, -0.2) is 47.3 Å². The lowest BCUT2D eigenvalue weighted by Gasteiger charge is -2.13. The second-order valence-corrected chi connectivity index (χ2v) is 4.37. The molecular weight excluding hydrogens is 246 g/mol. The maximum absolute atomic E-state index is 9.83. The van der Waals surface area contributed by atoms with Crippen LogP contribution in [0.25, 0.3) is 0 Å². The number of rotatable bonds is 1. The van der Waals surface area contributed by atoms with Crippen LogP contribution in [0.5, 0.6) is 0 Å². The van der Waals surface area contributed by atoms with Gasteiger partial charge in [0.25, 0.3) is 5.90 Å². The molecule has 0 amide bonds. The van der Waals surface area contributed by atoms with Gasteiger partial charge in [0.05, 0.1) is 6.61 Å². The van der Waals surface area contributed by atoms with Gasteiger partial charge in [-0.05, 0) is 18.1 Å². The third-order valence-corrected chi connectivity index (χ3v) is 3.07. The standard InChI is InChI=1S/C14H13NO4/c16-8-10-12(17)13-14(18-10)15-11(19-13)7-6-9-4-2-1-3-5-9/h1-5,10,12-14,16-17H,8H2/t10-,12+,13-,14+/m1/s1. The number of aliphatic hydroxyl groups is 2. The predicted molar refractivity (Wildman–Crippen MR) is 67.4 cm³/mol. The van der Waals surface area contributed by atoms with Crippen molar-refractivity contribution in [1.82, 2.24) is 0 Å². The number of hydrogen-bond acceptors (Lipinski definition) is 5. The smallest absolute Gasteiger partial charge is 0.266 e.